The number of carbonyl (C=O) groups is 1. The van der Waals surface area contributed by atoms with Gasteiger partial charge in [-0.2, -0.15) is 4.98 Å². The standard InChI is InChI=1S/C16H20N4O3/c1-10(2)15-18-14(19-23-15)11-6-8-20(9-7-11)13-5-3-4-12(17-13)16(21)22/h3-5,10-11H,6-9H2,1-2H3,(H,21,22). The summed E-state index contributed by atoms with van der Waals surface area (Å²) < 4.78 is 5.28. The third-order valence-electron chi connectivity index (χ3n) is 4.09. The van der Waals surface area contributed by atoms with Crippen LogP contribution in [0.25, 0.3) is 0 Å². The fourth-order valence-corrected chi connectivity index (χ4v) is 2.73. The summed E-state index contributed by atoms with van der Waals surface area (Å²) in [5.41, 5.74) is 0.0735. The van der Waals surface area contributed by atoms with Crippen LogP contribution in [0.4, 0.5) is 5.82 Å². The van der Waals surface area contributed by atoms with Gasteiger partial charge in [-0.3, -0.25) is 0 Å². The highest BCUT2D eigenvalue weighted by Gasteiger charge is 2.26. The Labute approximate surface area is 134 Å². The van der Waals surface area contributed by atoms with Crippen LogP contribution in [0, 0.1) is 0 Å². The number of carboxylic acid groups (broad SMARTS) is 1. The summed E-state index contributed by atoms with van der Waals surface area (Å²) in [7, 11) is 0. The highest BCUT2D eigenvalue weighted by atomic mass is 16.5. The van der Waals surface area contributed by atoms with Crippen molar-refractivity contribution < 1.29 is 14.4 Å². The van der Waals surface area contributed by atoms with Gasteiger partial charge in [0.2, 0.25) is 5.89 Å². The first-order chi connectivity index (χ1) is 11.0. The van der Waals surface area contributed by atoms with Gasteiger partial charge in [0, 0.05) is 24.9 Å². The van der Waals surface area contributed by atoms with Gasteiger partial charge in [-0.15, -0.1) is 0 Å². The van der Waals surface area contributed by atoms with Gasteiger partial charge in [-0.05, 0) is 25.0 Å². The van der Waals surface area contributed by atoms with E-state index >= 15 is 0 Å². The van der Waals surface area contributed by atoms with Crippen LogP contribution in [0.3, 0.4) is 0 Å². The normalized spacial score (nSPS) is 16.0. The van der Waals surface area contributed by atoms with Gasteiger partial charge in [0.25, 0.3) is 0 Å². The van der Waals surface area contributed by atoms with Gasteiger partial charge >= 0.3 is 5.97 Å². The summed E-state index contributed by atoms with van der Waals surface area (Å²) in [5.74, 6) is 1.68. The number of nitrogens with zero attached hydrogens (tertiary/aromatic N) is 4. The molecule has 3 rings (SSSR count). The van der Waals surface area contributed by atoms with Crippen molar-refractivity contribution in [3.8, 4) is 0 Å². The van der Waals surface area contributed by atoms with Crippen molar-refractivity contribution in [2.45, 2.75) is 38.5 Å². The zero-order valence-electron chi connectivity index (χ0n) is 13.3. The molecule has 3 heterocycles. The van der Waals surface area contributed by atoms with Gasteiger partial charge in [-0.25, -0.2) is 9.78 Å². The Bertz CT molecular complexity index is 690. The van der Waals surface area contributed by atoms with Crippen LogP contribution in [0.2, 0.25) is 0 Å². The minimum atomic E-state index is -1.00. The SMILES string of the molecule is CC(C)c1nc(C2CCN(c3cccc(C(=O)O)n3)CC2)no1. The van der Waals surface area contributed by atoms with Gasteiger partial charge in [0.15, 0.2) is 11.5 Å². The lowest BCUT2D eigenvalue weighted by molar-refractivity contribution is 0.0690. The summed E-state index contributed by atoms with van der Waals surface area (Å²) in [4.78, 5) is 21.8. The van der Waals surface area contributed by atoms with Crippen LogP contribution >= 0.6 is 0 Å². The second-order valence-electron chi connectivity index (χ2n) is 6.09. The molecule has 1 saturated heterocycles. The van der Waals surface area contributed by atoms with Crippen LogP contribution in [0.5, 0.6) is 0 Å². The largest absolute Gasteiger partial charge is 0.477 e. The van der Waals surface area contributed by atoms with Crippen molar-refractivity contribution in [2.75, 3.05) is 18.0 Å². The van der Waals surface area contributed by atoms with E-state index in [4.69, 9.17) is 9.63 Å². The highest BCUT2D eigenvalue weighted by molar-refractivity contribution is 5.85. The Morgan fingerprint density at radius 3 is 2.65 bits per heavy atom. The molecule has 0 bridgehead atoms. The summed E-state index contributed by atoms with van der Waals surface area (Å²) in [5, 5.41) is 13.1. The number of piperidine rings is 1. The maximum atomic E-state index is 11.0. The highest BCUT2D eigenvalue weighted by Crippen LogP contribution is 2.29. The average molecular weight is 316 g/mol. The fraction of sp³-hybridized carbons (Fsp3) is 0.500. The molecule has 2 aromatic rings. The quantitative estimate of drug-likeness (QED) is 0.927. The molecule has 0 saturated carbocycles. The van der Waals surface area contributed by atoms with E-state index < -0.39 is 5.97 Å². The first kappa shape index (κ1) is 15.5. The molecular weight excluding hydrogens is 296 g/mol. The molecule has 1 aliphatic rings. The number of hydrogen-bond acceptors (Lipinski definition) is 6. The molecule has 1 N–H and O–H groups in total. The molecule has 0 aromatic carbocycles. The molecule has 23 heavy (non-hydrogen) atoms. The molecule has 7 heteroatoms. The van der Waals surface area contributed by atoms with E-state index in [1.54, 1.807) is 6.07 Å². The van der Waals surface area contributed by atoms with Gasteiger partial charge < -0.3 is 14.5 Å². The second-order valence-corrected chi connectivity index (χ2v) is 6.09. The van der Waals surface area contributed by atoms with E-state index in [0.29, 0.717) is 11.7 Å². The Balaban J connectivity index is 1.66. The second kappa shape index (κ2) is 6.36. The van der Waals surface area contributed by atoms with Gasteiger partial charge in [-0.1, -0.05) is 25.1 Å². The number of anilines is 1. The van der Waals surface area contributed by atoms with Crippen LogP contribution in [-0.2, 0) is 0 Å². The minimum Gasteiger partial charge on any atom is -0.477 e. The van der Waals surface area contributed by atoms with E-state index in [9.17, 15) is 4.79 Å². The summed E-state index contributed by atoms with van der Waals surface area (Å²) in [6.07, 6.45) is 1.80. The minimum absolute atomic E-state index is 0.0735. The molecular formula is C16H20N4O3. The molecule has 0 radical (unpaired) electrons. The topological polar surface area (TPSA) is 92.4 Å². The lowest BCUT2D eigenvalue weighted by Gasteiger charge is -2.31. The Kier molecular flexibility index (Phi) is 4.27. The van der Waals surface area contributed by atoms with Crippen molar-refractivity contribution in [1.29, 1.82) is 0 Å². The lowest BCUT2D eigenvalue weighted by atomic mass is 9.96. The predicted octanol–water partition coefficient (Wildman–Crippen LogP) is 2.67. The van der Waals surface area contributed by atoms with Gasteiger partial charge in [0.05, 0.1) is 0 Å². The van der Waals surface area contributed by atoms with Gasteiger partial charge in [0.1, 0.15) is 5.82 Å². The maximum Gasteiger partial charge on any atom is 0.354 e. The van der Waals surface area contributed by atoms with E-state index in [2.05, 4.69) is 20.0 Å². The molecule has 0 aliphatic carbocycles. The summed E-state index contributed by atoms with van der Waals surface area (Å²) >= 11 is 0. The molecule has 0 atom stereocenters. The molecule has 122 valence electrons. The number of carboxylic acids is 1. The van der Waals surface area contributed by atoms with E-state index in [1.165, 1.54) is 6.07 Å². The third-order valence-corrected chi connectivity index (χ3v) is 4.09. The Hall–Kier alpha value is -2.44. The number of rotatable bonds is 4. The van der Waals surface area contributed by atoms with E-state index in [-0.39, 0.29) is 17.5 Å². The van der Waals surface area contributed by atoms with Crippen LogP contribution < -0.4 is 4.90 Å². The van der Waals surface area contributed by atoms with Crippen molar-refractivity contribution in [3.05, 3.63) is 35.6 Å². The van der Waals surface area contributed by atoms with Crippen LogP contribution in [0.15, 0.2) is 22.7 Å². The van der Waals surface area contributed by atoms with E-state index in [1.807, 2.05) is 19.9 Å². The molecule has 7 nitrogen and oxygen atoms in total. The average Bonchev–Trinajstić information content (AvgIpc) is 3.05. The lowest BCUT2D eigenvalue weighted by Crippen LogP contribution is -2.34. The van der Waals surface area contributed by atoms with Crippen molar-refractivity contribution in [2.24, 2.45) is 0 Å². The summed E-state index contributed by atoms with van der Waals surface area (Å²) in [6, 6.07) is 5.08. The van der Waals surface area contributed by atoms with Crippen molar-refractivity contribution >= 4 is 11.8 Å². The van der Waals surface area contributed by atoms with Crippen molar-refractivity contribution in [1.82, 2.24) is 15.1 Å². The zero-order chi connectivity index (χ0) is 16.4. The predicted molar refractivity (Wildman–Crippen MR) is 83.8 cm³/mol. The number of aromatic nitrogens is 3. The molecule has 2 aromatic heterocycles. The molecule has 1 fully saturated rings. The van der Waals surface area contributed by atoms with Crippen molar-refractivity contribution in [3.63, 3.8) is 0 Å². The number of pyridine rings is 1. The molecule has 0 amide bonds. The monoisotopic (exact) mass is 316 g/mol. The fourth-order valence-electron chi connectivity index (χ4n) is 2.73. The Morgan fingerprint density at radius 1 is 1.30 bits per heavy atom. The van der Waals surface area contributed by atoms with Crippen LogP contribution in [0.1, 0.15) is 60.7 Å². The third kappa shape index (κ3) is 3.33. The maximum absolute atomic E-state index is 11.0. The van der Waals surface area contributed by atoms with E-state index in [0.717, 1.165) is 31.8 Å². The summed E-state index contributed by atoms with van der Waals surface area (Å²) in [6.45, 7) is 5.65. The molecule has 0 unspecified atom stereocenters. The first-order valence-corrected chi connectivity index (χ1v) is 7.83. The van der Waals surface area contributed by atoms with Crippen LogP contribution in [-0.4, -0.2) is 39.3 Å². The number of aromatic carboxylic acids is 1. The smallest absolute Gasteiger partial charge is 0.354 e. The molecule has 0 spiro atoms. The molecule has 1 aliphatic heterocycles. The zero-order valence-corrected chi connectivity index (χ0v) is 13.3. The number of hydrogen-bond donors (Lipinski definition) is 1. The first-order valence-electron chi connectivity index (χ1n) is 7.83. The Morgan fingerprint density at radius 2 is 2.04 bits per heavy atom.